The second-order valence-electron chi connectivity index (χ2n) is 8.70. The summed E-state index contributed by atoms with van der Waals surface area (Å²) in [6, 6.07) is 11.8. The number of carbonyl (C=O) groups is 3. The first kappa shape index (κ1) is 23.5. The Kier molecular flexibility index (Phi) is 6.02. The van der Waals surface area contributed by atoms with E-state index in [1.54, 1.807) is 43.3 Å². The molecule has 4 unspecified atom stereocenters. The van der Waals surface area contributed by atoms with Gasteiger partial charge in [-0.05, 0) is 49.6 Å². The molecule has 1 aromatic heterocycles. The first-order valence-corrected chi connectivity index (χ1v) is 13.0. The zero-order valence-corrected chi connectivity index (χ0v) is 21.9. The highest BCUT2D eigenvalue weighted by atomic mass is 79.9. The van der Waals surface area contributed by atoms with Crippen LogP contribution in [0.15, 0.2) is 42.5 Å². The minimum absolute atomic E-state index is 0.131. The van der Waals surface area contributed by atoms with Crippen LogP contribution in [0.4, 0.5) is 5.69 Å². The number of rotatable bonds is 3. The van der Waals surface area contributed by atoms with Crippen LogP contribution in [0.1, 0.15) is 28.8 Å². The molecule has 1 aliphatic heterocycles. The monoisotopic (exact) mass is 604 g/mol. The van der Waals surface area contributed by atoms with Crippen LogP contribution in [0.5, 0.6) is 0 Å². The van der Waals surface area contributed by atoms with Crippen LogP contribution >= 0.6 is 43.5 Å². The van der Waals surface area contributed by atoms with Crippen molar-refractivity contribution in [2.75, 3.05) is 4.90 Å². The number of anilines is 1. The molecule has 0 radical (unpaired) electrons. The maximum atomic E-state index is 13.1. The molecule has 2 fully saturated rings. The number of alkyl halides is 2. The Labute approximate surface area is 217 Å². The number of imide groups is 1. The van der Waals surface area contributed by atoms with Crippen molar-refractivity contribution in [3.05, 3.63) is 58.6 Å². The minimum Gasteiger partial charge on any atom is -0.478 e. The van der Waals surface area contributed by atoms with Gasteiger partial charge in [0.05, 0.1) is 34.3 Å². The van der Waals surface area contributed by atoms with Crippen molar-refractivity contribution in [3.8, 4) is 11.3 Å². The largest absolute Gasteiger partial charge is 0.478 e. The SMILES string of the molecule is Cc1c(Cl)ccc2c(C(=O)O)cc(-c3ccc(N4C(=O)C5CC(Br)C(Br)CC5C4=O)cc3)nc12. The zero-order chi connectivity index (χ0) is 24.3. The Hall–Kier alpha value is -2.29. The molecule has 5 rings (SSSR count). The molecule has 2 aromatic carbocycles. The van der Waals surface area contributed by atoms with Crippen molar-refractivity contribution in [1.29, 1.82) is 0 Å². The van der Waals surface area contributed by atoms with E-state index in [0.29, 0.717) is 51.3 Å². The summed E-state index contributed by atoms with van der Waals surface area (Å²) in [4.78, 5) is 44.3. The van der Waals surface area contributed by atoms with Gasteiger partial charge in [-0.1, -0.05) is 61.7 Å². The second-order valence-corrected chi connectivity index (χ2v) is 11.5. The Morgan fingerprint density at radius 3 is 2.18 bits per heavy atom. The van der Waals surface area contributed by atoms with Gasteiger partial charge in [-0.15, -0.1) is 0 Å². The second kappa shape index (κ2) is 8.73. The molecule has 6 nitrogen and oxygen atoms in total. The number of carbonyl (C=O) groups excluding carboxylic acids is 2. The van der Waals surface area contributed by atoms with Gasteiger partial charge in [0, 0.05) is 25.6 Å². The molecule has 9 heteroatoms. The quantitative estimate of drug-likeness (QED) is 0.293. The average Bonchev–Trinajstić information content (AvgIpc) is 3.05. The molecule has 1 aliphatic carbocycles. The third-order valence-electron chi connectivity index (χ3n) is 6.73. The van der Waals surface area contributed by atoms with Gasteiger partial charge in [-0.3, -0.25) is 14.5 Å². The highest BCUT2D eigenvalue weighted by molar-refractivity contribution is 9.12. The molecule has 1 saturated heterocycles. The van der Waals surface area contributed by atoms with Gasteiger partial charge >= 0.3 is 5.97 Å². The Morgan fingerprint density at radius 2 is 1.62 bits per heavy atom. The van der Waals surface area contributed by atoms with Gasteiger partial charge in [-0.2, -0.15) is 0 Å². The summed E-state index contributed by atoms with van der Waals surface area (Å²) in [5.41, 5.74) is 3.00. The van der Waals surface area contributed by atoms with Gasteiger partial charge in [0.1, 0.15) is 0 Å². The number of hydrogen-bond donors (Lipinski definition) is 1. The van der Waals surface area contributed by atoms with Gasteiger partial charge in [0.25, 0.3) is 0 Å². The summed E-state index contributed by atoms with van der Waals surface area (Å²) in [5, 5.41) is 10.8. The molecule has 34 heavy (non-hydrogen) atoms. The highest BCUT2D eigenvalue weighted by Gasteiger charge is 2.52. The summed E-state index contributed by atoms with van der Waals surface area (Å²) < 4.78 is 0. The lowest BCUT2D eigenvalue weighted by Gasteiger charge is -2.29. The highest BCUT2D eigenvalue weighted by Crippen LogP contribution is 2.44. The number of aromatic carboxylic acids is 1. The van der Waals surface area contributed by atoms with Gasteiger partial charge in [-0.25, -0.2) is 9.78 Å². The van der Waals surface area contributed by atoms with Crippen molar-refractivity contribution >= 4 is 77.8 Å². The number of carboxylic acid groups (broad SMARTS) is 1. The number of fused-ring (bicyclic) bond motifs is 2. The van der Waals surface area contributed by atoms with E-state index < -0.39 is 5.97 Å². The molecule has 0 spiro atoms. The van der Waals surface area contributed by atoms with E-state index in [4.69, 9.17) is 11.6 Å². The Balaban J connectivity index is 1.52. The first-order chi connectivity index (χ1) is 16.2. The number of aromatic nitrogens is 1. The Bertz CT molecular complexity index is 1330. The molecule has 2 amide bonds. The standard InChI is InChI=1S/C25H19Br2ClN2O4/c1-11-20(28)7-6-14-17(25(33)34)10-21(29-22(11)14)12-2-4-13(5-3-12)30-23(31)15-8-18(26)19(27)9-16(15)24(30)32/h2-7,10,15-16,18-19H,8-9H2,1H3,(H,33,34). The average molecular weight is 607 g/mol. The van der Waals surface area contributed by atoms with Gasteiger partial charge < -0.3 is 5.11 Å². The maximum Gasteiger partial charge on any atom is 0.336 e. The van der Waals surface area contributed by atoms with Crippen LogP contribution in [0, 0.1) is 18.8 Å². The number of pyridine rings is 1. The van der Waals surface area contributed by atoms with Gasteiger partial charge in [0.15, 0.2) is 0 Å². The number of carboxylic acids is 1. The molecule has 1 saturated carbocycles. The summed E-state index contributed by atoms with van der Waals surface area (Å²) in [5.74, 6) is -2.04. The number of nitrogens with zero attached hydrogens (tertiary/aromatic N) is 2. The molecule has 174 valence electrons. The molecule has 1 N–H and O–H groups in total. The zero-order valence-electron chi connectivity index (χ0n) is 18.0. The topological polar surface area (TPSA) is 87.6 Å². The lowest BCUT2D eigenvalue weighted by Crippen LogP contribution is -2.34. The van der Waals surface area contributed by atoms with E-state index in [0.717, 1.165) is 0 Å². The van der Waals surface area contributed by atoms with E-state index in [-0.39, 0.29) is 38.9 Å². The van der Waals surface area contributed by atoms with E-state index in [9.17, 15) is 19.5 Å². The normalized spacial score (nSPS) is 24.5. The Morgan fingerprint density at radius 1 is 1.03 bits per heavy atom. The molecule has 2 aliphatic rings. The van der Waals surface area contributed by atoms with Crippen LogP contribution in [-0.4, -0.2) is 37.5 Å². The van der Waals surface area contributed by atoms with Crippen molar-refractivity contribution in [3.63, 3.8) is 0 Å². The number of halogens is 3. The number of aryl methyl sites for hydroxylation is 1. The fourth-order valence-corrected chi connectivity index (χ4v) is 6.25. The molecule has 3 aromatic rings. The van der Waals surface area contributed by atoms with E-state index in [2.05, 4.69) is 36.8 Å². The van der Waals surface area contributed by atoms with Crippen LogP contribution < -0.4 is 4.90 Å². The number of benzene rings is 2. The summed E-state index contributed by atoms with van der Waals surface area (Å²) in [6.45, 7) is 1.80. The molecular formula is C25H19Br2ClN2O4. The van der Waals surface area contributed by atoms with Crippen LogP contribution in [0.2, 0.25) is 5.02 Å². The van der Waals surface area contributed by atoms with Crippen molar-refractivity contribution in [2.45, 2.75) is 29.4 Å². The number of amides is 2. The lowest BCUT2D eigenvalue weighted by molar-refractivity contribution is -0.122. The predicted octanol–water partition coefficient (Wildman–Crippen LogP) is 5.99. The van der Waals surface area contributed by atoms with Crippen LogP contribution in [0.3, 0.4) is 0 Å². The fourth-order valence-electron chi connectivity index (χ4n) is 4.86. The molecule has 4 atom stereocenters. The molecular weight excluding hydrogens is 588 g/mol. The maximum absolute atomic E-state index is 13.1. The number of hydrogen-bond acceptors (Lipinski definition) is 4. The smallest absolute Gasteiger partial charge is 0.336 e. The van der Waals surface area contributed by atoms with E-state index >= 15 is 0 Å². The minimum atomic E-state index is -1.06. The van der Waals surface area contributed by atoms with Crippen molar-refractivity contribution in [2.24, 2.45) is 11.8 Å². The lowest BCUT2D eigenvalue weighted by atomic mass is 9.81. The first-order valence-electron chi connectivity index (χ1n) is 10.8. The van der Waals surface area contributed by atoms with E-state index in [1.165, 1.54) is 11.0 Å². The van der Waals surface area contributed by atoms with Crippen molar-refractivity contribution < 1.29 is 19.5 Å². The van der Waals surface area contributed by atoms with Crippen LogP contribution in [0.25, 0.3) is 22.2 Å². The van der Waals surface area contributed by atoms with Gasteiger partial charge in [0.2, 0.25) is 11.8 Å². The van der Waals surface area contributed by atoms with E-state index in [1.807, 2.05) is 0 Å². The fraction of sp³-hybridized carbons (Fsp3) is 0.280. The molecule has 2 heterocycles. The van der Waals surface area contributed by atoms with Crippen molar-refractivity contribution in [1.82, 2.24) is 4.98 Å². The summed E-state index contributed by atoms with van der Waals surface area (Å²) in [6.07, 6.45) is 1.22. The third-order valence-corrected chi connectivity index (χ3v) is 9.87. The third kappa shape index (κ3) is 3.76. The molecule has 0 bridgehead atoms. The predicted molar refractivity (Wildman–Crippen MR) is 138 cm³/mol. The summed E-state index contributed by atoms with van der Waals surface area (Å²) >= 11 is 13.5. The summed E-state index contributed by atoms with van der Waals surface area (Å²) in [7, 11) is 0. The van der Waals surface area contributed by atoms with Crippen LogP contribution in [-0.2, 0) is 9.59 Å².